The number of aryl methyl sites for hydroxylation is 3. The van der Waals surface area contributed by atoms with Gasteiger partial charge < -0.3 is 27.5 Å². The van der Waals surface area contributed by atoms with Crippen LogP contribution in [0.1, 0.15) is 16.7 Å². The maximum Gasteiger partial charge on any atom is 0.159 e. The zero-order valence-electron chi connectivity index (χ0n) is 39.1. The van der Waals surface area contributed by atoms with Crippen molar-refractivity contribution in [3.63, 3.8) is 0 Å². The minimum atomic E-state index is 0.828. The van der Waals surface area contributed by atoms with E-state index in [0.29, 0.717) is 0 Å². The van der Waals surface area contributed by atoms with E-state index in [1.807, 2.05) is 24.3 Å². The van der Waals surface area contributed by atoms with Crippen molar-refractivity contribution < 1.29 is 17.7 Å². The summed E-state index contributed by atoms with van der Waals surface area (Å²) in [5.74, 6) is 0. The van der Waals surface area contributed by atoms with Gasteiger partial charge in [-0.05, 0) is 150 Å². The van der Waals surface area contributed by atoms with Gasteiger partial charge in [0.1, 0.15) is 33.5 Å². The molecule has 336 valence electrons. The third kappa shape index (κ3) is 5.88. The molecule has 15 aromatic rings. The third-order valence-corrected chi connectivity index (χ3v) is 14.7. The van der Waals surface area contributed by atoms with Crippen LogP contribution in [0.3, 0.4) is 0 Å². The number of rotatable bonds is 6. The number of benzene rings is 11. The second kappa shape index (κ2) is 14.9. The first-order valence-corrected chi connectivity index (χ1v) is 24.1. The van der Waals surface area contributed by atoms with Gasteiger partial charge in [0.25, 0.3) is 0 Å². The molecule has 71 heavy (non-hydrogen) atoms. The van der Waals surface area contributed by atoms with E-state index in [2.05, 4.69) is 206 Å². The van der Waals surface area contributed by atoms with Gasteiger partial charge in [-0.25, -0.2) is 0 Å². The first kappa shape index (κ1) is 39.7. The normalized spacial score (nSPS) is 12.2. The minimum absolute atomic E-state index is 0.828. The second-order valence-electron chi connectivity index (χ2n) is 19.0. The van der Waals surface area contributed by atoms with E-state index in [1.54, 1.807) is 0 Å². The van der Waals surface area contributed by atoms with Gasteiger partial charge in [-0.15, -0.1) is 0 Å². The molecule has 4 aromatic heterocycles. The summed E-state index contributed by atoms with van der Waals surface area (Å²) in [6.07, 6.45) is 0. The number of hydrogen-bond donors (Lipinski definition) is 0. The molecule has 11 aromatic carbocycles. The number of fused-ring (bicyclic) bond motifs is 15. The maximum atomic E-state index is 6.89. The van der Waals surface area contributed by atoms with Crippen LogP contribution in [0.5, 0.6) is 0 Å². The number of anilines is 6. The van der Waals surface area contributed by atoms with Crippen LogP contribution >= 0.6 is 0 Å². The Balaban J connectivity index is 0.884. The highest BCUT2D eigenvalue weighted by atomic mass is 16.3. The smallest absolute Gasteiger partial charge is 0.159 e. The number of para-hydroxylation sites is 6. The molecule has 0 atom stereocenters. The summed E-state index contributed by atoms with van der Waals surface area (Å²) in [4.78, 5) is 4.64. The molecule has 0 aliphatic carbocycles. The number of nitrogens with zero attached hydrogens (tertiary/aromatic N) is 2. The van der Waals surface area contributed by atoms with Gasteiger partial charge >= 0.3 is 0 Å². The molecule has 0 saturated carbocycles. The largest absolute Gasteiger partial charge is 0.456 e. The van der Waals surface area contributed by atoms with Crippen molar-refractivity contribution in [2.45, 2.75) is 20.8 Å². The highest BCUT2D eigenvalue weighted by Gasteiger charge is 2.25. The lowest BCUT2D eigenvalue weighted by Gasteiger charge is -2.27. The van der Waals surface area contributed by atoms with Gasteiger partial charge in [0.2, 0.25) is 0 Å². The molecule has 4 heterocycles. The Morgan fingerprint density at radius 3 is 1.27 bits per heavy atom. The Labute approximate surface area is 406 Å². The number of hydrogen-bond acceptors (Lipinski definition) is 6. The van der Waals surface area contributed by atoms with E-state index in [4.69, 9.17) is 17.7 Å². The molecule has 0 N–H and O–H groups in total. The van der Waals surface area contributed by atoms with Crippen LogP contribution in [0.15, 0.2) is 218 Å². The molecule has 15 rings (SSSR count). The summed E-state index contributed by atoms with van der Waals surface area (Å²) in [7, 11) is 0. The lowest BCUT2D eigenvalue weighted by molar-refractivity contribution is 0.660. The topological polar surface area (TPSA) is 59.0 Å². The molecule has 0 aliphatic rings. The van der Waals surface area contributed by atoms with Crippen LogP contribution in [0, 0.1) is 20.8 Å². The SMILES string of the molecule is Cc1ccccc1N(c1ccc2cc3c(cc2c1)oc1cc(C)c2oc4cc5cc(N(c6ccccc6C)c6cccc7c6oc6ccccc67)ccc5cc4c2c13)c1cccc2c1oc1ccccc12. The van der Waals surface area contributed by atoms with Crippen LogP contribution in [-0.4, -0.2) is 0 Å². The summed E-state index contributed by atoms with van der Waals surface area (Å²) in [5, 5.41) is 13.0. The predicted molar refractivity (Wildman–Crippen MR) is 294 cm³/mol. The maximum absolute atomic E-state index is 6.89. The first-order valence-electron chi connectivity index (χ1n) is 24.1. The fourth-order valence-electron chi connectivity index (χ4n) is 11.4. The molecule has 0 fully saturated rings. The predicted octanol–water partition coefficient (Wildman–Crippen LogP) is 19.5. The van der Waals surface area contributed by atoms with E-state index >= 15 is 0 Å². The molecule has 6 heteroatoms. The Kier molecular flexibility index (Phi) is 8.32. The molecule has 0 unspecified atom stereocenters. The highest BCUT2D eigenvalue weighted by Crippen LogP contribution is 2.48. The average Bonchev–Trinajstić information content (AvgIpc) is 4.17. The van der Waals surface area contributed by atoms with Gasteiger partial charge in [-0.1, -0.05) is 109 Å². The van der Waals surface area contributed by atoms with Gasteiger partial charge in [0, 0.05) is 65.8 Å². The van der Waals surface area contributed by atoms with Crippen molar-refractivity contribution in [3.8, 4) is 0 Å². The van der Waals surface area contributed by atoms with Crippen molar-refractivity contribution in [3.05, 3.63) is 217 Å². The van der Waals surface area contributed by atoms with E-state index in [-0.39, 0.29) is 0 Å². The van der Waals surface area contributed by atoms with Crippen LogP contribution in [-0.2, 0) is 0 Å². The van der Waals surface area contributed by atoms with Crippen molar-refractivity contribution in [2.75, 3.05) is 9.80 Å². The number of furan rings is 4. The monoisotopic (exact) mass is 914 g/mol. The second-order valence-corrected chi connectivity index (χ2v) is 19.0. The Hall–Kier alpha value is -9.26. The Morgan fingerprint density at radius 2 is 0.718 bits per heavy atom. The molecular weight excluding hydrogens is 873 g/mol. The Morgan fingerprint density at radius 1 is 0.268 bits per heavy atom. The quantitative estimate of drug-likeness (QED) is 0.166. The zero-order valence-corrected chi connectivity index (χ0v) is 39.1. The van der Waals surface area contributed by atoms with Crippen molar-refractivity contribution in [1.82, 2.24) is 0 Å². The highest BCUT2D eigenvalue weighted by molar-refractivity contribution is 6.28. The fraction of sp³-hybridized carbons (Fsp3) is 0.0462. The molecule has 0 aliphatic heterocycles. The molecule has 0 radical (unpaired) electrons. The molecule has 0 amide bonds. The lowest BCUT2D eigenvalue weighted by atomic mass is 9.99. The van der Waals surface area contributed by atoms with Crippen molar-refractivity contribution in [2.24, 2.45) is 0 Å². The van der Waals surface area contributed by atoms with Gasteiger partial charge in [0.05, 0.1) is 11.4 Å². The van der Waals surface area contributed by atoms with Crippen LogP contribution in [0.25, 0.3) is 109 Å². The van der Waals surface area contributed by atoms with Gasteiger partial charge in [-0.3, -0.25) is 0 Å². The molecular formula is C65H42N2O4. The van der Waals surface area contributed by atoms with Crippen LogP contribution in [0.2, 0.25) is 0 Å². The summed E-state index contributed by atoms with van der Waals surface area (Å²) in [6.45, 7) is 6.43. The summed E-state index contributed by atoms with van der Waals surface area (Å²) in [6, 6.07) is 70.9. The van der Waals surface area contributed by atoms with Crippen LogP contribution in [0.4, 0.5) is 34.1 Å². The molecule has 6 nitrogen and oxygen atoms in total. The third-order valence-electron chi connectivity index (χ3n) is 14.7. The van der Waals surface area contributed by atoms with Gasteiger partial charge in [-0.2, -0.15) is 0 Å². The fourth-order valence-corrected chi connectivity index (χ4v) is 11.4. The lowest BCUT2D eigenvalue weighted by Crippen LogP contribution is -2.11. The van der Waals surface area contributed by atoms with Crippen molar-refractivity contribution >= 4 is 143 Å². The molecule has 0 saturated heterocycles. The van der Waals surface area contributed by atoms with E-state index in [1.165, 1.54) is 0 Å². The molecule has 0 spiro atoms. The summed E-state index contributed by atoms with van der Waals surface area (Å²) < 4.78 is 27.0. The van der Waals surface area contributed by atoms with Crippen molar-refractivity contribution in [1.29, 1.82) is 0 Å². The minimum Gasteiger partial charge on any atom is -0.456 e. The summed E-state index contributed by atoms with van der Waals surface area (Å²) in [5.41, 5.74) is 16.3. The molecule has 0 bridgehead atoms. The van der Waals surface area contributed by atoms with Crippen LogP contribution < -0.4 is 9.80 Å². The van der Waals surface area contributed by atoms with E-state index in [0.717, 1.165) is 160 Å². The standard InChI is InChI=1S/C65H42N2O4/c1-37-14-4-8-20-52(37)66(54-22-12-18-48-46-16-6-10-24-56(46)69-64(48)54)44-28-26-40-33-50-58(35-42(40)31-44)68-60-30-39(3)63-62(61(50)60)51-34-41-27-29-45(32-43(41)36-59(51)71-63)67(53-21-9-5-15-38(53)2)55-23-13-19-49-47-17-7-11-25-57(47)70-65(49)55/h4-36H,1-3H3. The summed E-state index contributed by atoms with van der Waals surface area (Å²) >= 11 is 0. The average molecular weight is 915 g/mol. The van der Waals surface area contributed by atoms with E-state index < -0.39 is 0 Å². The Bertz CT molecular complexity index is 4720. The first-order chi connectivity index (χ1) is 34.9. The zero-order chi connectivity index (χ0) is 47.1. The van der Waals surface area contributed by atoms with E-state index in [9.17, 15) is 0 Å². The van der Waals surface area contributed by atoms with Gasteiger partial charge in [0.15, 0.2) is 11.2 Å².